The van der Waals surface area contributed by atoms with E-state index < -0.39 is 24.0 Å². The van der Waals surface area contributed by atoms with Gasteiger partial charge in [-0.05, 0) is 54.0 Å². The Kier molecular flexibility index (Phi) is 8.70. The summed E-state index contributed by atoms with van der Waals surface area (Å²) < 4.78 is 27.9. The van der Waals surface area contributed by atoms with Crippen LogP contribution in [0.15, 0.2) is 46.9 Å². The number of nitrogens with zero attached hydrogens (tertiary/aromatic N) is 2. The molecule has 0 spiro atoms. The molecule has 3 rings (SSSR count). The Bertz CT molecular complexity index is 1270. The minimum atomic E-state index is -0.898. The second-order valence-electron chi connectivity index (χ2n) is 7.30. The van der Waals surface area contributed by atoms with E-state index in [-0.39, 0.29) is 35.1 Å². The van der Waals surface area contributed by atoms with E-state index >= 15 is 0 Å². The monoisotopic (exact) mass is 560 g/mol. The van der Waals surface area contributed by atoms with Gasteiger partial charge in [0, 0.05) is 10.0 Å². The highest BCUT2D eigenvalue weighted by Crippen LogP contribution is 2.41. The molecule has 1 unspecified atom stereocenters. The number of rotatable bonds is 9. The van der Waals surface area contributed by atoms with E-state index in [1.54, 1.807) is 50.2 Å². The van der Waals surface area contributed by atoms with Crippen molar-refractivity contribution in [2.45, 2.75) is 20.0 Å². The van der Waals surface area contributed by atoms with Gasteiger partial charge in [0.15, 0.2) is 23.3 Å². The smallest absolute Gasteiger partial charge is 0.357 e. The number of carbonyl (C=O) groups is 3. The van der Waals surface area contributed by atoms with Crippen LogP contribution in [0.3, 0.4) is 0 Å². The molecule has 11 heteroatoms. The molecule has 0 bridgehead atoms. The van der Waals surface area contributed by atoms with Crippen molar-refractivity contribution in [2.75, 3.05) is 27.9 Å². The summed E-state index contributed by atoms with van der Waals surface area (Å²) in [4.78, 5) is 37.7. The molecule has 3 aromatic rings. The Morgan fingerprint density at radius 2 is 1.67 bits per heavy atom. The van der Waals surface area contributed by atoms with Crippen molar-refractivity contribution >= 4 is 33.8 Å². The zero-order valence-corrected chi connectivity index (χ0v) is 22.0. The molecule has 0 saturated carbocycles. The number of methoxy groups -OCH3 is 3. The summed E-state index contributed by atoms with van der Waals surface area (Å²) in [5.41, 5.74) is 0.877. The largest absolute Gasteiger partial charge is 0.493 e. The third-order valence-electron chi connectivity index (χ3n) is 5.09. The zero-order valence-electron chi connectivity index (χ0n) is 20.4. The normalized spacial score (nSPS) is 11.4. The molecule has 0 amide bonds. The highest BCUT2D eigenvalue weighted by atomic mass is 79.9. The van der Waals surface area contributed by atoms with E-state index in [1.807, 2.05) is 6.07 Å². The average Bonchev–Trinajstić information content (AvgIpc) is 3.29. The summed E-state index contributed by atoms with van der Waals surface area (Å²) in [5.74, 6) is -1.57. The van der Waals surface area contributed by atoms with Crippen molar-refractivity contribution in [1.82, 2.24) is 9.78 Å². The number of halogens is 1. The van der Waals surface area contributed by atoms with E-state index in [0.29, 0.717) is 15.7 Å². The van der Waals surface area contributed by atoms with E-state index in [2.05, 4.69) is 21.0 Å². The van der Waals surface area contributed by atoms with E-state index in [0.717, 1.165) is 0 Å². The number of ether oxygens (including phenoxy) is 5. The minimum Gasteiger partial charge on any atom is -0.493 e. The van der Waals surface area contributed by atoms with Crippen LogP contribution in [-0.2, 0) is 19.0 Å². The van der Waals surface area contributed by atoms with Gasteiger partial charge in [0.25, 0.3) is 0 Å². The first-order valence-corrected chi connectivity index (χ1v) is 11.6. The van der Waals surface area contributed by atoms with Crippen LogP contribution in [0.2, 0.25) is 0 Å². The fraction of sp³-hybridized carbons (Fsp3) is 0.280. The van der Waals surface area contributed by atoms with Crippen molar-refractivity contribution in [3.63, 3.8) is 0 Å². The van der Waals surface area contributed by atoms with Gasteiger partial charge in [0.1, 0.15) is 11.3 Å². The second kappa shape index (κ2) is 11.7. The molecule has 0 radical (unpaired) electrons. The fourth-order valence-corrected chi connectivity index (χ4v) is 3.92. The van der Waals surface area contributed by atoms with Gasteiger partial charge >= 0.3 is 17.9 Å². The predicted molar refractivity (Wildman–Crippen MR) is 133 cm³/mol. The standard InChI is InChI=1S/C25H25BrN2O8/c1-6-35-23(29)14(2)36-19-13-17(26)16(12-18(19)32-3)21-20(24(30)33-4)22(25(31)34-5)28(27-21)15-10-8-7-9-11-15/h7-14H,6H2,1-5H3. The van der Waals surface area contributed by atoms with Gasteiger partial charge in [-0.3, -0.25) is 0 Å². The number of hydrogen-bond acceptors (Lipinski definition) is 9. The van der Waals surface area contributed by atoms with Crippen LogP contribution in [0.4, 0.5) is 0 Å². The fourth-order valence-electron chi connectivity index (χ4n) is 3.41. The lowest BCUT2D eigenvalue weighted by Crippen LogP contribution is -2.26. The quantitative estimate of drug-likeness (QED) is 0.280. The molecule has 1 aromatic heterocycles. The summed E-state index contributed by atoms with van der Waals surface area (Å²) >= 11 is 3.49. The lowest BCUT2D eigenvalue weighted by molar-refractivity contribution is -0.150. The molecule has 1 atom stereocenters. The molecule has 190 valence electrons. The Hall–Kier alpha value is -3.86. The summed E-state index contributed by atoms with van der Waals surface area (Å²) in [5, 5.41) is 4.58. The minimum absolute atomic E-state index is 0.0930. The maximum atomic E-state index is 12.9. The maximum Gasteiger partial charge on any atom is 0.357 e. The number of hydrogen-bond donors (Lipinski definition) is 0. The van der Waals surface area contributed by atoms with Gasteiger partial charge in [-0.2, -0.15) is 5.10 Å². The summed E-state index contributed by atoms with van der Waals surface area (Å²) in [6.45, 7) is 3.47. The Morgan fingerprint density at radius 1 is 1.00 bits per heavy atom. The molecule has 0 aliphatic heterocycles. The molecule has 0 saturated heterocycles. The van der Waals surface area contributed by atoms with Crippen LogP contribution in [0.1, 0.15) is 34.7 Å². The molecular formula is C25H25BrN2O8. The topological polar surface area (TPSA) is 115 Å². The lowest BCUT2D eigenvalue weighted by Gasteiger charge is -2.17. The number of carbonyl (C=O) groups excluding carboxylic acids is 3. The zero-order chi connectivity index (χ0) is 26.4. The van der Waals surface area contributed by atoms with Gasteiger partial charge in [-0.25, -0.2) is 19.1 Å². The average molecular weight is 561 g/mol. The lowest BCUT2D eigenvalue weighted by atomic mass is 10.0. The Labute approximate surface area is 216 Å². The van der Waals surface area contributed by atoms with E-state index in [9.17, 15) is 14.4 Å². The molecular weight excluding hydrogens is 536 g/mol. The van der Waals surface area contributed by atoms with Crippen LogP contribution >= 0.6 is 15.9 Å². The van der Waals surface area contributed by atoms with Gasteiger partial charge in [-0.1, -0.05) is 18.2 Å². The highest BCUT2D eigenvalue weighted by Gasteiger charge is 2.32. The number of benzene rings is 2. The molecule has 1 heterocycles. The third kappa shape index (κ3) is 5.35. The van der Waals surface area contributed by atoms with Crippen LogP contribution < -0.4 is 9.47 Å². The number of aromatic nitrogens is 2. The van der Waals surface area contributed by atoms with Crippen LogP contribution in [0, 0.1) is 0 Å². The van der Waals surface area contributed by atoms with Gasteiger partial charge in [0.05, 0.1) is 33.6 Å². The van der Waals surface area contributed by atoms with Crippen LogP contribution in [0.5, 0.6) is 11.5 Å². The Morgan fingerprint density at radius 3 is 2.25 bits per heavy atom. The third-order valence-corrected chi connectivity index (χ3v) is 5.74. The van der Waals surface area contributed by atoms with Crippen molar-refractivity contribution in [1.29, 1.82) is 0 Å². The predicted octanol–water partition coefficient (Wildman–Crippen LogP) is 4.21. The first-order valence-electron chi connectivity index (χ1n) is 10.8. The highest BCUT2D eigenvalue weighted by molar-refractivity contribution is 9.10. The molecule has 0 aliphatic carbocycles. The van der Waals surface area contributed by atoms with Crippen molar-refractivity contribution < 1.29 is 38.1 Å². The van der Waals surface area contributed by atoms with Gasteiger partial charge in [0.2, 0.25) is 0 Å². The van der Waals surface area contributed by atoms with Crippen LogP contribution in [-0.4, -0.2) is 61.7 Å². The maximum absolute atomic E-state index is 12.9. The van der Waals surface area contributed by atoms with E-state index in [1.165, 1.54) is 26.0 Å². The number of esters is 3. The number of para-hydroxylation sites is 1. The van der Waals surface area contributed by atoms with Crippen molar-refractivity contribution in [2.24, 2.45) is 0 Å². The molecule has 0 aliphatic rings. The van der Waals surface area contributed by atoms with E-state index in [4.69, 9.17) is 23.7 Å². The van der Waals surface area contributed by atoms with Crippen molar-refractivity contribution in [3.05, 3.63) is 58.2 Å². The summed E-state index contributed by atoms with van der Waals surface area (Å²) in [7, 11) is 3.84. The molecule has 0 fully saturated rings. The molecule has 0 N–H and O–H groups in total. The van der Waals surface area contributed by atoms with Crippen molar-refractivity contribution in [3.8, 4) is 28.4 Å². The van der Waals surface area contributed by atoms with Gasteiger partial charge < -0.3 is 23.7 Å². The molecule has 10 nitrogen and oxygen atoms in total. The molecule has 36 heavy (non-hydrogen) atoms. The molecule has 2 aromatic carbocycles. The SMILES string of the molecule is CCOC(=O)C(C)Oc1cc(Br)c(-c2nn(-c3ccccc3)c(C(=O)OC)c2C(=O)OC)cc1OC. The first kappa shape index (κ1) is 26.7. The second-order valence-corrected chi connectivity index (χ2v) is 8.15. The summed E-state index contributed by atoms with van der Waals surface area (Å²) in [6, 6.07) is 12.0. The Balaban J connectivity index is 2.23. The van der Waals surface area contributed by atoms with Gasteiger partial charge in [-0.15, -0.1) is 0 Å². The first-order chi connectivity index (χ1) is 17.3. The van der Waals surface area contributed by atoms with Crippen LogP contribution in [0.25, 0.3) is 16.9 Å². The summed E-state index contributed by atoms with van der Waals surface area (Å²) in [6.07, 6.45) is -0.898.